The van der Waals surface area contributed by atoms with Crippen molar-refractivity contribution in [2.45, 2.75) is 35.7 Å². The molecule has 25 heavy (non-hydrogen) atoms. The van der Waals surface area contributed by atoms with Crippen LogP contribution in [0.25, 0.3) is 0 Å². The van der Waals surface area contributed by atoms with Crippen molar-refractivity contribution in [2.75, 3.05) is 19.6 Å². The van der Waals surface area contributed by atoms with Crippen molar-refractivity contribution in [3.05, 3.63) is 63.6 Å². The Kier molecular flexibility index (Phi) is 4.41. The average molecular weight is 417 g/mol. The molecule has 2 aromatic carbocycles. The van der Waals surface area contributed by atoms with E-state index >= 15 is 0 Å². The Morgan fingerprint density at radius 1 is 1.04 bits per heavy atom. The maximum atomic E-state index is 6.90. The topological polar surface area (TPSA) is 13.7 Å². The molecule has 0 saturated carbocycles. The van der Waals surface area contributed by atoms with E-state index < -0.39 is 0 Å². The van der Waals surface area contributed by atoms with Gasteiger partial charge in [-0.05, 0) is 34.9 Å². The lowest BCUT2D eigenvalue weighted by molar-refractivity contribution is -0.920. The van der Waals surface area contributed by atoms with E-state index in [-0.39, 0.29) is 6.10 Å². The second-order valence-electron chi connectivity index (χ2n) is 7.52. The molecule has 2 atom stereocenters. The van der Waals surface area contributed by atoms with Gasteiger partial charge in [0.25, 0.3) is 0 Å². The molecule has 4 aliphatic heterocycles. The monoisotopic (exact) mass is 416 g/mol. The number of halogens is 1. The number of thioether (sulfide) groups is 1. The Balaban J connectivity index is 1.56. The van der Waals surface area contributed by atoms with E-state index in [1.54, 1.807) is 4.90 Å². The number of benzene rings is 2. The number of ether oxygens (including phenoxy) is 1. The van der Waals surface area contributed by atoms with Gasteiger partial charge in [0.2, 0.25) is 0 Å². The van der Waals surface area contributed by atoms with Crippen LogP contribution in [-0.4, -0.2) is 25.7 Å². The Morgan fingerprint density at radius 2 is 1.88 bits per heavy atom. The summed E-state index contributed by atoms with van der Waals surface area (Å²) in [5, 5.41) is 0. The fourth-order valence-corrected chi connectivity index (χ4v) is 6.11. The minimum atomic E-state index is 0.0589. The van der Waals surface area contributed by atoms with Gasteiger partial charge in [0, 0.05) is 33.9 Å². The van der Waals surface area contributed by atoms with Gasteiger partial charge in [-0.1, -0.05) is 40.2 Å². The molecule has 0 spiro atoms. The molecule has 1 N–H and O–H groups in total. The molecule has 0 unspecified atom stereocenters. The molecule has 3 saturated heterocycles. The summed E-state index contributed by atoms with van der Waals surface area (Å²) >= 11 is 5.61. The highest BCUT2D eigenvalue weighted by atomic mass is 79.9. The van der Waals surface area contributed by atoms with Gasteiger partial charge in [0.05, 0.1) is 13.1 Å². The second-order valence-corrected chi connectivity index (χ2v) is 9.45. The van der Waals surface area contributed by atoms with Crippen LogP contribution in [0.5, 0.6) is 0 Å². The van der Waals surface area contributed by atoms with E-state index in [2.05, 4.69) is 58.4 Å². The van der Waals surface area contributed by atoms with Gasteiger partial charge in [-0.25, -0.2) is 0 Å². The molecule has 3 fully saturated rings. The van der Waals surface area contributed by atoms with E-state index in [0.29, 0.717) is 6.10 Å². The third-order valence-corrected chi connectivity index (χ3v) is 7.67. The van der Waals surface area contributed by atoms with Gasteiger partial charge in [-0.15, -0.1) is 11.8 Å². The molecule has 0 aliphatic carbocycles. The van der Waals surface area contributed by atoms with Crippen LogP contribution in [0, 0.1) is 5.92 Å². The predicted octanol–water partition coefficient (Wildman–Crippen LogP) is 3.84. The molecule has 4 aliphatic rings. The molecule has 2 nitrogen and oxygen atoms in total. The van der Waals surface area contributed by atoms with E-state index in [4.69, 9.17) is 4.74 Å². The third kappa shape index (κ3) is 3.08. The van der Waals surface area contributed by atoms with Gasteiger partial charge >= 0.3 is 0 Å². The van der Waals surface area contributed by atoms with Crippen molar-refractivity contribution in [3.63, 3.8) is 0 Å². The number of hydrogen-bond donors (Lipinski definition) is 1. The minimum absolute atomic E-state index is 0.0589. The van der Waals surface area contributed by atoms with Gasteiger partial charge in [0.15, 0.2) is 0 Å². The maximum Gasteiger partial charge on any atom is 0.111 e. The Morgan fingerprint density at radius 3 is 2.68 bits per heavy atom. The van der Waals surface area contributed by atoms with Crippen molar-refractivity contribution < 1.29 is 9.64 Å². The Labute approximate surface area is 162 Å². The van der Waals surface area contributed by atoms with Crippen LogP contribution in [0.15, 0.2) is 51.8 Å². The number of piperidine rings is 3. The number of nitrogens with one attached hydrogen (secondary N) is 1. The molecule has 6 rings (SSSR count). The molecule has 2 bridgehead atoms. The Bertz CT molecular complexity index is 787. The Hall–Kier alpha value is -0.810. The van der Waals surface area contributed by atoms with Crippen LogP contribution in [-0.2, 0) is 10.5 Å². The van der Waals surface area contributed by atoms with Crippen LogP contribution >= 0.6 is 27.7 Å². The summed E-state index contributed by atoms with van der Waals surface area (Å²) in [5.74, 6) is 1.77. The first-order valence-electron chi connectivity index (χ1n) is 9.27. The molecule has 2 aromatic rings. The summed E-state index contributed by atoms with van der Waals surface area (Å²) in [6.07, 6.45) is 3.11. The largest absolute Gasteiger partial charge is 0.359 e. The van der Waals surface area contributed by atoms with Gasteiger partial charge in [0.1, 0.15) is 18.8 Å². The smallest absolute Gasteiger partial charge is 0.111 e. The molecule has 0 radical (unpaired) electrons. The zero-order chi connectivity index (χ0) is 16.8. The molecule has 0 amide bonds. The first-order valence-corrected chi connectivity index (χ1v) is 11.0. The number of fused-ring (bicyclic) bond motifs is 5. The van der Waals surface area contributed by atoms with Crippen molar-refractivity contribution in [1.29, 1.82) is 0 Å². The van der Waals surface area contributed by atoms with Crippen LogP contribution in [0.2, 0.25) is 0 Å². The van der Waals surface area contributed by atoms with Crippen LogP contribution < -0.4 is 4.90 Å². The van der Waals surface area contributed by atoms with Crippen LogP contribution in [0.1, 0.15) is 35.6 Å². The third-order valence-electron chi connectivity index (χ3n) is 6.04. The lowest BCUT2D eigenvalue weighted by Gasteiger charge is -2.43. The van der Waals surface area contributed by atoms with E-state index in [9.17, 15) is 0 Å². The summed E-state index contributed by atoms with van der Waals surface area (Å²) in [4.78, 5) is 3.09. The van der Waals surface area contributed by atoms with E-state index in [1.807, 2.05) is 11.8 Å². The second kappa shape index (κ2) is 6.73. The fraction of sp³-hybridized carbons (Fsp3) is 0.429. The zero-order valence-electron chi connectivity index (χ0n) is 14.2. The number of quaternary nitrogens is 1. The maximum absolute atomic E-state index is 6.90. The quantitative estimate of drug-likeness (QED) is 0.798. The number of hydrogen-bond acceptors (Lipinski definition) is 2. The van der Waals surface area contributed by atoms with Crippen molar-refractivity contribution in [3.8, 4) is 0 Å². The zero-order valence-corrected chi connectivity index (χ0v) is 16.6. The first kappa shape index (κ1) is 16.4. The normalized spacial score (nSPS) is 30.4. The molecule has 0 aromatic heterocycles. The van der Waals surface area contributed by atoms with Crippen LogP contribution in [0.3, 0.4) is 0 Å². The molecular formula is C21H23BrNOS+. The van der Waals surface area contributed by atoms with Gasteiger partial charge in [-0.2, -0.15) is 0 Å². The fourth-order valence-electron chi connectivity index (χ4n) is 4.66. The highest BCUT2D eigenvalue weighted by Crippen LogP contribution is 2.43. The summed E-state index contributed by atoms with van der Waals surface area (Å²) in [6, 6.07) is 15.5. The van der Waals surface area contributed by atoms with Gasteiger partial charge < -0.3 is 9.64 Å². The standard InChI is InChI=1S/C21H22BrNOS/c22-16-5-6-20-18(11-16)21(17-4-2-1-3-15(17)13-25-20)24-19-12-23-9-7-14(19)8-10-23/h1-6,11,14,19,21H,7-10,12-13H2/p+1/t19-,21-/m1/s1. The van der Waals surface area contributed by atoms with Crippen LogP contribution in [0.4, 0.5) is 0 Å². The highest BCUT2D eigenvalue weighted by molar-refractivity contribution is 9.10. The first-order chi connectivity index (χ1) is 12.3. The van der Waals surface area contributed by atoms with E-state index in [1.165, 1.54) is 54.1 Å². The predicted molar refractivity (Wildman–Crippen MR) is 105 cm³/mol. The summed E-state index contributed by atoms with van der Waals surface area (Å²) in [6.45, 7) is 3.85. The minimum Gasteiger partial charge on any atom is -0.359 e. The van der Waals surface area contributed by atoms with E-state index in [0.717, 1.165) is 16.1 Å². The summed E-state index contributed by atoms with van der Waals surface area (Å²) < 4.78 is 8.04. The van der Waals surface area contributed by atoms with Crippen molar-refractivity contribution in [1.82, 2.24) is 0 Å². The molecule has 130 valence electrons. The van der Waals surface area contributed by atoms with Crippen molar-refractivity contribution >= 4 is 27.7 Å². The number of rotatable bonds is 2. The van der Waals surface area contributed by atoms with Crippen molar-refractivity contribution in [2.24, 2.45) is 5.92 Å². The highest BCUT2D eigenvalue weighted by Gasteiger charge is 2.40. The molecule has 4 heterocycles. The molecular weight excluding hydrogens is 394 g/mol. The lowest BCUT2D eigenvalue weighted by Crippen LogP contribution is -3.16. The summed E-state index contributed by atoms with van der Waals surface area (Å²) in [5.41, 5.74) is 4.10. The molecule has 4 heteroatoms. The summed E-state index contributed by atoms with van der Waals surface area (Å²) in [7, 11) is 0. The average Bonchev–Trinajstić information content (AvgIpc) is 2.80. The van der Waals surface area contributed by atoms with Gasteiger partial charge in [-0.3, -0.25) is 0 Å². The lowest BCUT2D eigenvalue weighted by atomic mass is 9.85. The SMILES string of the molecule is Brc1ccc2c(c1)[C@H](O[C@@H]1C[NH+]3CCC1CC3)c1ccccc1CS2.